The fourth-order valence-corrected chi connectivity index (χ4v) is 3.15. The summed E-state index contributed by atoms with van der Waals surface area (Å²) in [4.78, 5) is 0. The Labute approximate surface area is 179 Å². The van der Waals surface area contributed by atoms with Crippen molar-refractivity contribution in [1.29, 1.82) is 0 Å². The number of halogens is 3. The van der Waals surface area contributed by atoms with Crippen molar-refractivity contribution in [3.8, 4) is 11.5 Å². The van der Waals surface area contributed by atoms with Gasteiger partial charge in [0.25, 0.3) is 0 Å². The van der Waals surface area contributed by atoms with Crippen LogP contribution >= 0.6 is 11.6 Å². The average Bonchev–Trinajstić information content (AvgIpc) is 2.53. The van der Waals surface area contributed by atoms with Crippen molar-refractivity contribution in [3.63, 3.8) is 0 Å². The molecular formula is C17H19Cl3N2O2Pt. The Morgan fingerprint density at radius 3 is 2.28 bits per heavy atom. The summed E-state index contributed by atoms with van der Waals surface area (Å²) in [5, 5.41) is 4.16. The first-order chi connectivity index (χ1) is 10.6. The van der Waals surface area contributed by atoms with Crippen LogP contribution in [0.15, 0.2) is 30.3 Å². The molecule has 1 aliphatic heterocycles. The molecule has 0 saturated heterocycles. The number of anilines is 1. The molecule has 2 aromatic carbocycles. The van der Waals surface area contributed by atoms with Gasteiger partial charge in [-0.3, -0.25) is 0 Å². The molecule has 0 saturated carbocycles. The minimum Gasteiger partial charge on any atom is -1.00 e. The number of nitrogens with two attached hydrogens (primary N) is 1. The number of fused-ring (bicyclic) bond motifs is 1. The van der Waals surface area contributed by atoms with Gasteiger partial charge in [-0.25, -0.2) is 0 Å². The van der Waals surface area contributed by atoms with E-state index in [2.05, 4.69) is 5.32 Å². The molecule has 1 atom stereocenters. The second-order valence-electron chi connectivity index (χ2n) is 5.32. The van der Waals surface area contributed by atoms with E-state index in [0.29, 0.717) is 10.7 Å². The first-order valence-electron chi connectivity index (χ1n) is 7.17. The molecule has 1 aliphatic rings. The number of hydrogen-bond acceptors (Lipinski definition) is 4. The number of benzene rings is 2. The van der Waals surface area contributed by atoms with Crippen molar-refractivity contribution in [3.05, 3.63) is 52.0 Å². The van der Waals surface area contributed by atoms with E-state index in [1.807, 2.05) is 24.3 Å². The van der Waals surface area contributed by atoms with Crippen LogP contribution in [0.25, 0.3) is 0 Å². The second-order valence-corrected chi connectivity index (χ2v) is 5.75. The topological polar surface area (TPSA) is 56.5 Å². The fraction of sp³-hybridized carbons (Fsp3) is 0.294. The van der Waals surface area contributed by atoms with E-state index < -0.39 is 0 Å². The van der Waals surface area contributed by atoms with Gasteiger partial charge in [-0.2, -0.15) is 0 Å². The van der Waals surface area contributed by atoms with E-state index in [4.69, 9.17) is 26.8 Å². The van der Waals surface area contributed by atoms with E-state index in [9.17, 15) is 0 Å². The van der Waals surface area contributed by atoms with Gasteiger partial charge in [0, 0.05) is 17.3 Å². The molecule has 0 fully saturated rings. The molecule has 0 amide bonds. The molecule has 0 bridgehead atoms. The quantitative estimate of drug-likeness (QED) is 0.383. The van der Waals surface area contributed by atoms with E-state index in [0.717, 1.165) is 35.6 Å². The van der Waals surface area contributed by atoms with Crippen molar-refractivity contribution in [2.45, 2.75) is 12.5 Å². The largest absolute Gasteiger partial charge is 2.00 e. The first kappa shape index (κ1) is 24.4. The van der Waals surface area contributed by atoms with Crippen LogP contribution in [0.1, 0.15) is 22.7 Å². The molecule has 0 radical (unpaired) electrons. The summed E-state index contributed by atoms with van der Waals surface area (Å²) in [7, 11) is 3.30. The normalized spacial score (nSPS) is 14.9. The molecule has 1 heterocycles. The second kappa shape index (κ2) is 10.5. The number of nitrogens with one attached hydrogen (secondary N) is 1. The van der Waals surface area contributed by atoms with Gasteiger partial charge in [0.05, 0.1) is 20.3 Å². The van der Waals surface area contributed by atoms with Gasteiger partial charge in [0.15, 0.2) is 11.5 Å². The Bertz CT molecular complexity index is 717. The van der Waals surface area contributed by atoms with E-state index in [1.165, 1.54) is 5.56 Å². The zero-order valence-electron chi connectivity index (χ0n) is 13.7. The van der Waals surface area contributed by atoms with Gasteiger partial charge in [0.2, 0.25) is 0 Å². The summed E-state index contributed by atoms with van der Waals surface area (Å²) in [6, 6.07) is 9.73. The van der Waals surface area contributed by atoms with Crippen LogP contribution in [-0.4, -0.2) is 20.8 Å². The summed E-state index contributed by atoms with van der Waals surface area (Å²) >= 11 is 6.01. The summed E-state index contributed by atoms with van der Waals surface area (Å²) < 4.78 is 10.8. The third kappa shape index (κ3) is 4.96. The maximum absolute atomic E-state index is 6.16. The molecule has 140 valence electrons. The van der Waals surface area contributed by atoms with Crippen LogP contribution in [0.5, 0.6) is 11.5 Å². The van der Waals surface area contributed by atoms with Gasteiger partial charge in [-0.1, -0.05) is 17.7 Å². The zero-order chi connectivity index (χ0) is 15.7. The molecule has 25 heavy (non-hydrogen) atoms. The molecule has 1 unspecified atom stereocenters. The standard InChI is InChI=1S/C17H19ClN2O2.2ClH.Pt/c1-21-15-7-10-5-6-20-17(13(10)9-16(15)22-2)12-4-3-11(18)8-14(12)19;;;/h3-4,7-9,17,20H,5-6,19H2,1-2H3;2*1H;/q;;;+2/p-2. The predicted octanol–water partition coefficient (Wildman–Crippen LogP) is -2.82. The maximum Gasteiger partial charge on any atom is 2.00 e. The molecule has 2 aromatic rings. The third-order valence-corrected chi connectivity index (χ3v) is 4.29. The smallest absolute Gasteiger partial charge is 1.00 e. The van der Waals surface area contributed by atoms with Crippen molar-refractivity contribution in [1.82, 2.24) is 5.32 Å². The van der Waals surface area contributed by atoms with E-state index in [-0.39, 0.29) is 51.9 Å². The Kier molecular flexibility index (Phi) is 10.2. The van der Waals surface area contributed by atoms with Gasteiger partial charge in [-0.05, 0) is 47.4 Å². The van der Waals surface area contributed by atoms with Crippen LogP contribution < -0.4 is 45.3 Å². The van der Waals surface area contributed by atoms with Crippen LogP contribution in [0.4, 0.5) is 5.69 Å². The van der Waals surface area contributed by atoms with Crippen molar-refractivity contribution >= 4 is 17.3 Å². The first-order valence-corrected chi connectivity index (χ1v) is 7.55. The number of ether oxygens (including phenoxy) is 2. The minimum atomic E-state index is 0. The Morgan fingerprint density at radius 1 is 1.04 bits per heavy atom. The summed E-state index contributed by atoms with van der Waals surface area (Å²) in [6.07, 6.45) is 0.944. The van der Waals surface area contributed by atoms with Gasteiger partial charge >= 0.3 is 21.1 Å². The SMILES string of the molecule is COc1cc2c(cc1OC)C(c1ccc(Cl)cc1N)NCC2.[Cl-].[Cl-].[Pt+2]. The van der Waals surface area contributed by atoms with Gasteiger partial charge in [0.1, 0.15) is 0 Å². The molecular weight excluding hydrogens is 566 g/mol. The number of rotatable bonds is 3. The number of methoxy groups -OCH3 is 2. The average molecular weight is 585 g/mol. The molecule has 3 rings (SSSR count). The summed E-state index contributed by atoms with van der Waals surface area (Å²) in [6.45, 7) is 0.884. The van der Waals surface area contributed by atoms with Crippen molar-refractivity contribution < 1.29 is 55.4 Å². The molecule has 8 heteroatoms. The van der Waals surface area contributed by atoms with Crippen LogP contribution in [-0.2, 0) is 27.5 Å². The summed E-state index contributed by atoms with van der Waals surface area (Å²) in [5.74, 6) is 1.48. The Morgan fingerprint density at radius 2 is 1.68 bits per heavy atom. The molecule has 0 spiro atoms. The maximum atomic E-state index is 6.16. The Hall–Kier alpha value is -0.642. The molecule has 3 N–H and O–H groups in total. The van der Waals surface area contributed by atoms with Crippen LogP contribution in [0.2, 0.25) is 5.02 Å². The van der Waals surface area contributed by atoms with Gasteiger partial charge in [-0.15, -0.1) is 0 Å². The Balaban J connectivity index is 0.00000192. The minimum absolute atomic E-state index is 0. The number of hydrogen-bond donors (Lipinski definition) is 2. The third-order valence-electron chi connectivity index (χ3n) is 4.06. The zero-order valence-corrected chi connectivity index (χ0v) is 18.3. The molecule has 4 nitrogen and oxygen atoms in total. The molecule has 0 aromatic heterocycles. The number of nitrogen functional groups attached to an aromatic ring is 1. The van der Waals surface area contributed by atoms with Crippen LogP contribution in [0.3, 0.4) is 0 Å². The van der Waals surface area contributed by atoms with Crippen molar-refractivity contribution in [2.24, 2.45) is 0 Å². The fourth-order valence-electron chi connectivity index (χ4n) is 2.97. The van der Waals surface area contributed by atoms with Crippen LogP contribution in [0, 0.1) is 0 Å². The van der Waals surface area contributed by atoms with E-state index >= 15 is 0 Å². The van der Waals surface area contributed by atoms with E-state index in [1.54, 1.807) is 20.3 Å². The monoisotopic (exact) mass is 583 g/mol. The molecule has 0 aliphatic carbocycles. The summed E-state index contributed by atoms with van der Waals surface area (Å²) in [5.41, 5.74) is 10.3. The van der Waals surface area contributed by atoms with Crippen molar-refractivity contribution in [2.75, 3.05) is 26.5 Å². The van der Waals surface area contributed by atoms with Gasteiger partial charge < -0.3 is 45.3 Å². The predicted molar refractivity (Wildman–Crippen MR) is 89.0 cm³/mol.